The smallest absolute Gasteiger partial charge is 0.260 e. The van der Waals surface area contributed by atoms with Crippen molar-refractivity contribution in [1.82, 2.24) is 15.1 Å². The summed E-state index contributed by atoms with van der Waals surface area (Å²) in [6.45, 7) is 2.39. The predicted molar refractivity (Wildman–Crippen MR) is 125 cm³/mol. The first-order valence-corrected chi connectivity index (χ1v) is 10.9. The van der Waals surface area contributed by atoms with Crippen LogP contribution in [0.2, 0.25) is 10.0 Å². The molecule has 1 saturated heterocycles. The number of nitrogens with zero attached hydrogens (tertiary/aromatic N) is 4. The van der Waals surface area contributed by atoms with E-state index in [9.17, 15) is 4.79 Å². The molecular weight excluding hydrogens is 451 g/mol. The van der Waals surface area contributed by atoms with E-state index in [2.05, 4.69) is 15.1 Å². The maximum Gasteiger partial charge on any atom is 0.260 e. The Kier molecular flexibility index (Phi) is 6.97. The molecular formula is C23H22Cl2N4O3. The first kappa shape index (κ1) is 22.2. The lowest BCUT2D eigenvalue weighted by atomic mass is 10.1. The summed E-state index contributed by atoms with van der Waals surface area (Å²) < 4.78 is 10.8. The topological polar surface area (TPSA) is 67.8 Å². The number of carbonyl (C=O) groups is 1. The summed E-state index contributed by atoms with van der Waals surface area (Å²) in [5, 5.41) is 9.66. The molecule has 0 spiro atoms. The molecule has 0 radical (unpaired) electrons. The maximum absolute atomic E-state index is 12.5. The molecule has 2 heterocycles. The van der Waals surface area contributed by atoms with E-state index in [1.165, 1.54) is 0 Å². The van der Waals surface area contributed by atoms with Crippen molar-refractivity contribution >= 4 is 34.9 Å². The average Bonchev–Trinajstić information content (AvgIpc) is 2.84. The molecule has 1 fully saturated rings. The maximum atomic E-state index is 12.5. The molecule has 0 aliphatic carbocycles. The molecule has 2 aromatic carbocycles. The number of ether oxygens (including phenoxy) is 2. The minimum Gasteiger partial charge on any atom is -0.497 e. The third-order valence-corrected chi connectivity index (χ3v) is 5.76. The first-order valence-electron chi connectivity index (χ1n) is 10.1. The zero-order valence-corrected chi connectivity index (χ0v) is 19.0. The summed E-state index contributed by atoms with van der Waals surface area (Å²) >= 11 is 12.0. The van der Waals surface area contributed by atoms with Gasteiger partial charge in [-0.25, -0.2) is 0 Å². The summed E-state index contributed by atoms with van der Waals surface area (Å²) in [6.07, 6.45) is 0. The summed E-state index contributed by atoms with van der Waals surface area (Å²) in [4.78, 5) is 16.4. The molecule has 3 aromatic rings. The number of anilines is 1. The Balaban J connectivity index is 1.31. The summed E-state index contributed by atoms with van der Waals surface area (Å²) in [5.41, 5.74) is 1.72. The highest BCUT2D eigenvalue weighted by atomic mass is 35.5. The van der Waals surface area contributed by atoms with Gasteiger partial charge in [0.25, 0.3) is 5.91 Å². The summed E-state index contributed by atoms with van der Waals surface area (Å²) in [6, 6.07) is 16.5. The Morgan fingerprint density at radius 1 is 1.00 bits per heavy atom. The van der Waals surface area contributed by atoms with Crippen molar-refractivity contribution in [2.24, 2.45) is 0 Å². The van der Waals surface area contributed by atoms with E-state index in [1.807, 2.05) is 36.4 Å². The third-order valence-electron chi connectivity index (χ3n) is 5.22. The number of rotatable bonds is 6. The van der Waals surface area contributed by atoms with Crippen LogP contribution in [0.1, 0.15) is 0 Å². The fourth-order valence-electron chi connectivity index (χ4n) is 3.43. The van der Waals surface area contributed by atoms with Crippen LogP contribution < -0.4 is 14.4 Å². The number of halogens is 2. The van der Waals surface area contributed by atoms with Gasteiger partial charge in [0.2, 0.25) is 0 Å². The van der Waals surface area contributed by atoms with Gasteiger partial charge in [-0.05, 0) is 36.4 Å². The van der Waals surface area contributed by atoms with Crippen LogP contribution in [0.25, 0.3) is 11.3 Å². The van der Waals surface area contributed by atoms with Gasteiger partial charge < -0.3 is 19.3 Å². The highest BCUT2D eigenvalue weighted by Gasteiger charge is 2.23. The zero-order chi connectivity index (χ0) is 22.5. The van der Waals surface area contributed by atoms with Crippen molar-refractivity contribution in [2.45, 2.75) is 0 Å². The van der Waals surface area contributed by atoms with Crippen molar-refractivity contribution in [3.05, 3.63) is 64.6 Å². The van der Waals surface area contributed by atoms with Crippen molar-refractivity contribution in [3.8, 4) is 22.8 Å². The first-order chi connectivity index (χ1) is 15.5. The minimum absolute atomic E-state index is 0.0882. The third kappa shape index (κ3) is 5.23. The summed E-state index contributed by atoms with van der Waals surface area (Å²) in [7, 11) is 1.64. The van der Waals surface area contributed by atoms with E-state index in [-0.39, 0.29) is 12.5 Å². The van der Waals surface area contributed by atoms with Gasteiger partial charge in [-0.15, -0.1) is 10.2 Å². The number of hydrogen-bond donors (Lipinski definition) is 0. The molecule has 166 valence electrons. The average molecular weight is 473 g/mol. The Morgan fingerprint density at radius 3 is 2.53 bits per heavy atom. The van der Waals surface area contributed by atoms with Crippen LogP contribution in [0.3, 0.4) is 0 Å². The van der Waals surface area contributed by atoms with Gasteiger partial charge in [0, 0.05) is 42.8 Å². The van der Waals surface area contributed by atoms with Crippen LogP contribution in [-0.4, -0.2) is 60.9 Å². The largest absolute Gasteiger partial charge is 0.497 e. The lowest BCUT2D eigenvalue weighted by Gasteiger charge is -2.35. The lowest BCUT2D eigenvalue weighted by molar-refractivity contribution is -0.133. The predicted octanol–water partition coefficient (Wildman–Crippen LogP) is 4.19. The van der Waals surface area contributed by atoms with E-state index >= 15 is 0 Å². The summed E-state index contributed by atoms with van der Waals surface area (Å²) in [5.74, 6) is 1.86. The second kappa shape index (κ2) is 10.1. The number of hydrogen-bond acceptors (Lipinski definition) is 6. The van der Waals surface area contributed by atoms with Crippen LogP contribution in [0, 0.1) is 0 Å². The second-order valence-electron chi connectivity index (χ2n) is 7.24. The number of piperazine rings is 1. The molecule has 0 bridgehead atoms. The molecule has 9 heteroatoms. The van der Waals surface area contributed by atoms with Crippen LogP contribution >= 0.6 is 23.2 Å². The van der Waals surface area contributed by atoms with Crippen LogP contribution in [0.4, 0.5) is 5.82 Å². The Morgan fingerprint density at radius 2 is 1.81 bits per heavy atom. The SMILES string of the molecule is COc1cccc(-c2ccc(N3CCN(C(=O)COc4cc(Cl)ccc4Cl)CC3)nn2)c1. The van der Waals surface area contributed by atoms with Crippen LogP contribution in [0.15, 0.2) is 54.6 Å². The number of amides is 1. The molecule has 0 unspecified atom stereocenters. The fourth-order valence-corrected chi connectivity index (χ4v) is 3.77. The van der Waals surface area contributed by atoms with Gasteiger partial charge in [0.1, 0.15) is 11.5 Å². The monoisotopic (exact) mass is 472 g/mol. The van der Waals surface area contributed by atoms with Crippen molar-refractivity contribution in [2.75, 3.05) is 44.8 Å². The minimum atomic E-state index is -0.0971. The number of benzene rings is 2. The second-order valence-corrected chi connectivity index (χ2v) is 8.08. The van der Waals surface area contributed by atoms with E-state index in [0.29, 0.717) is 42.0 Å². The van der Waals surface area contributed by atoms with E-state index in [0.717, 1.165) is 22.8 Å². The Labute approximate surface area is 196 Å². The van der Waals surface area contributed by atoms with E-state index < -0.39 is 0 Å². The van der Waals surface area contributed by atoms with Crippen molar-refractivity contribution in [1.29, 1.82) is 0 Å². The standard InChI is InChI=1S/C23H22Cl2N4O3/c1-31-18-4-2-3-16(13-18)20-7-8-22(27-26-20)28-9-11-29(12-10-28)23(30)15-32-21-14-17(24)5-6-19(21)25/h2-8,13-14H,9-12,15H2,1H3. The normalized spacial score (nSPS) is 13.7. The van der Waals surface area contributed by atoms with E-state index in [1.54, 1.807) is 30.2 Å². The fraction of sp³-hybridized carbons (Fsp3) is 0.261. The van der Waals surface area contributed by atoms with Gasteiger partial charge in [-0.3, -0.25) is 4.79 Å². The van der Waals surface area contributed by atoms with Crippen molar-refractivity contribution in [3.63, 3.8) is 0 Å². The van der Waals surface area contributed by atoms with Gasteiger partial charge in [0.15, 0.2) is 12.4 Å². The van der Waals surface area contributed by atoms with Gasteiger partial charge in [-0.1, -0.05) is 35.3 Å². The molecule has 0 N–H and O–H groups in total. The number of carbonyl (C=O) groups excluding carboxylic acids is 1. The van der Waals surface area contributed by atoms with Gasteiger partial charge in [0.05, 0.1) is 17.8 Å². The molecule has 1 aliphatic rings. The molecule has 1 amide bonds. The molecule has 32 heavy (non-hydrogen) atoms. The molecule has 0 atom stereocenters. The quantitative estimate of drug-likeness (QED) is 0.535. The Bertz CT molecular complexity index is 1090. The van der Waals surface area contributed by atoms with Crippen LogP contribution in [-0.2, 0) is 4.79 Å². The number of aromatic nitrogens is 2. The number of methoxy groups -OCH3 is 1. The van der Waals surface area contributed by atoms with Gasteiger partial charge in [-0.2, -0.15) is 0 Å². The van der Waals surface area contributed by atoms with E-state index in [4.69, 9.17) is 32.7 Å². The molecule has 0 saturated carbocycles. The van der Waals surface area contributed by atoms with Crippen LogP contribution in [0.5, 0.6) is 11.5 Å². The lowest BCUT2D eigenvalue weighted by Crippen LogP contribution is -2.50. The molecule has 7 nitrogen and oxygen atoms in total. The van der Waals surface area contributed by atoms with Gasteiger partial charge >= 0.3 is 0 Å². The molecule has 4 rings (SSSR count). The highest BCUT2D eigenvalue weighted by Crippen LogP contribution is 2.28. The highest BCUT2D eigenvalue weighted by molar-refractivity contribution is 6.34. The zero-order valence-electron chi connectivity index (χ0n) is 17.5. The molecule has 1 aliphatic heterocycles. The molecule has 1 aromatic heterocycles. The Hall–Kier alpha value is -3.03. The van der Waals surface area contributed by atoms with Crippen molar-refractivity contribution < 1.29 is 14.3 Å².